The van der Waals surface area contributed by atoms with Crippen LogP contribution in [0.25, 0.3) is 0 Å². The molecule has 0 atom stereocenters. The molecule has 2 rings (SSSR count). The lowest BCUT2D eigenvalue weighted by molar-refractivity contribution is -0.132. The number of amides is 1. The minimum absolute atomic E-state index is 0.208. The van der Waals surface area contributed by atoms with Gasteiger partial charge in [0.05, 0.1) is 10.0 Å². The van der Waals surface area contributed by atoms with Crippen molar-refractivity contribution >= 4 is 29.1 Å². The van der Waals surface area contributed by atoms with E-state index in [4.69, 9.17) is 23.2 Å². The fourth-order valence-corrected chi connectivity index (χ4v) is 2.48. The number of carbonyl (C=O) groups is 1. The van der Waals surface area contributed by atoms with Crippen LogP contribution in [0.15, 0.2) is 18.2 Å². The number of rotatable bonds is 7. The summed E-state index contributed by atoms with van der Waals surface area (Å²) in [5.74, 6) is 0.208. The first-order valence-corrected chi connectivity index (χ1v) is 7.81. The molecule has 3 nitrogen and oxygen atoms in total. The van der Waals surface area contributed by atoms with E-state index in [0.717, 1.165) is 31.5 Å². The maximum Gasteiger partial charge on any atom is 0.224 e. The molecular formula is C15H20Cl2N2O. The zero-order valence-electron chi connectivity index (χ0n) is 11.7. The molecular weight excluding hydrogens is 295 g/mol. The van der Waals surface area contributed by atoms with Gasteiger partial charge in [-0.1, -0.05) is 36.2 Å². The van der Waals surface area contributed by atoms with Crippen molar-refractivity contribution in [2.24, 2.45) is 0 Å². The fourth-order valence-electron chi connectivity index (χ4n) is 2.16. The number of carbonyl (C=O) groups excluding carboxylic acids is 1. The lowest BCUT2D eigenvalue weighted by Gasteiger charge is -2.23. The molecule has 0 bridgehead atoms. The third kappa shape index (κ3) is 4.37. The number of nitrogens with one attached hydrogen (secondary N) is 1. The molecule has 1 aromatic rings. The standard InChI is InChI=1S/C15H20Cl2N2O/c1-2-18-8-7-15(20)19(12-4-5-12)10-11-3-6-13(16)14(17)9-11/h3,6,9,12,18H,2,4-5,7-8,10H2,1H3. The van der Waals surface area contributed by atoms with Crippen LogP contribution in [-0.2, 0) is 11.3 Å². The summed E-state index contributed by atoms with van der Waals surface area (Å²) in [6.07, 6.45) is 2.76. The first kappa shape index (κ1) is 15.6. The van der Waals surface area contributed by atoms with E-state index in [1.165, 1.54) is 0 Å². The van der Waals surface area contributed by atoms with Crippen LogP contribution in [0.5, 0.6) is 0 Å². The van der Waals surface area contributed by atoms with E-state index in [-0.39, 0.29) is 5.91 Å². The second-order valence-corrected chi connectivity index (χ2v) is 5.92. The van der Waals surface area contributed by atoms with Crippen molar-refractivity contribution in [2.45, 2.75) is 38.8 Å². The first-order valence-electron chi connectivity index (χ1n) is 7.06. The maximum atomic E-state index is 12.3. The molecule has 110 valence electrons. The highest BCUT2D eigenvalue weighted by atomic mass is 35.5. The predicted octanol–water partition coefficient (Wildman–Crippen LogP) is 3.48. The van der Waals surface area contributed by atoms with Crippen molar-refractivity contribution in [3.63, 3.8) is 0 Å². The number of benzene rings is 1. The summed E-state index contributed by atoms with van der Waals surface area (Å²) in [6, 6.07) is 5.96. The van der Waals surface area contributed by atoms with Crippen molar-refractivity contribution in [3.8, 4) is 0 Å². The Bertz CT molecular complexity index is 475. The van der Waals surface area contributed by atoms with Gasteiger partial charge in [0.25, 0.3) is 0 Å². The van der Waals surface area contributed by atoms with Crippen molar-refractivity contribution in [1.82, 2.24) is 10.2 Å². The molecule has 1 aliphatic rings. The summed E-state index contributed by atoms with van der Waals surface area (Å²) >= 11 is 11.9. The van der Waals surface area contributed by atoms with Crippen molar-refractivity contribution < 1.29 is 4.79 Å². The zero-order chi connectivity index (χ0) is 14.5. The van der Waals surface area contributed by atoms with Gasteiger partial charge in [-0.25, -0.2) is 0 Å². The average Bonchev–Trinajstić information content (AvgIpc) is 3.24. The van der Waals surface area contributed by atoms with Crippen LogP contribution in [0.4, 0.5) is 0 Å². The van der Waals surface area contributed by atoms with Gasteiger partial charge in [0.2, 0.25) is 5.91 Å². The maximum absolute atomic E-state index is 12.3. The smallest absolute Gasteiger partial charge is 0.224 e. The van der Waals surface area contributed by atoms with Gasteiger partial charge in [0.15, 0.2) is 0 Å². The van der Waals surface area contributed by atoms with Crippen LogP contribution >= 0.6 is 23.2 Å². The molecule has 1 N–H and O–H groups in total. The van der Waals surface area contributed by atoms with Crippen LogP contribution in [0.2, 0.25) is 10.0 Å². The summed E-state index contributed by atoms with van der Waals surface area (Å²) in [4.78, 5) is 14.3. The molecule has 1 aromatic carbocycles. The second kappa shape index (κ2) is 7.30. The third-order valence-electron chi connectivity index (χ3n) is 3.41. The van der Waals surface area contributed by atoms with Gasteiger partial charge in [0, 0.05) is 25.6 Å². The highest BCUT2D eigenvalue weighted by Gasteiger charge is 2.32. The Morgan fingerprint density at radius 1 is 1.35 bits per heavy atom. The molecule has 0 saturated heterocycles. The molecule has 0 unspecified atom stereocenters. The molecule has 0 heterocycles. The van der Waals surface area contributed by atoms with E-state index < -0.39 is 0 Å². The Morgan fingerprint density at radius 3 is 2.70 bits per heavy atom. The van der Waals surface area contributed by atoms with Crippen molar-refractivity contribution in [2.75, 3.05) is 13.1 Å². The van der Waals surface area contributed by atoms with Crippen molar-refractivity contribution in [3.05, 3.63) is 33.8 Å². The molecule has 1 saturated carbocycles. The largest absolute Gasteiger partial charge is 0.335 e. The van der Waals surface area contributed by atoms with Gasteiger partial charge in [-0.15, -0.1) is 0 Å². The Kier molecular flexibility index (Phi) is 5.70. The van der Waals surface area contributed by atoms with E-state index in [9.17, 15) is 4.79 Å². The zero-order valence-corrected chi connectivity index (χ0v) is 13.2. The predicted molar refractivity (Wildman–Crippen MR) is 83.2 cm³/mol. The number of hydrogen-bond donors (Lipinski definition) is 1. The quantitative estimate of drug-likeness (QED) is 0.781. The van der Waals surface area contributed by atoms with Crippen LogP contribution in [0.1, 0.15) is 31.7 Å². The monoisotopic (exact) mass is 314 g/mol. The number of nitrogens with zero attached hydrogens (tertiary/aromatic N) is 1. The van der Waals surface area contributed by atoms with E-state index >= 15 is 0 Å². The highest BCUT2D eigenvalue weighted by molar-refractivity contribution is 6.42. The molecule has 1 fully saturated rings. The van der Waals surface area contributed by atoms with Crippen LogP contribution < -0.4 is 5.32 Å². The molecule has 5 heteroatoms. The van der Waals surface area contributed by atoms with Crippen LogP contribution in [-0.4, -0.2) is 29.9 Å². The summed E-state index contributed by atoms with van der Waals surface area (Å²) in [7, 11) is 0. The van der Waals surface area contributed by atoms with Gasteiger partial charge in [0.1, 0.15) is 0 Å². The normalized spacial score (nSPS) is 14.3. The average molecular weight is 315 g/mol. The topological polar surface area (TPSA) is 32.3 Å². The Hall–Kier alpha value is -0.770. The fraction of sp³-hybridized carbons (Fsp3) is 0.533. The number of halogens is 2. The van der Waals surface area contributed by atoms with Gasteiger partial charge in [-0.2, -0.15) is 0 Å². The molecule has 0 aromatic heterocycles. The van der Waals surface area contributed by atoms with Gasteiger partial charge >= 0.3 is 0 Å². The molecule has 0 aliphatic heterocycles. The minimum atomic E-state index is 0.208. The molecule has 0 spiro atoms. The van der Waals surface area contributed by atoms with Crippen molar-refractivity contribution in [1.29, 1.82) is 0 Å². The highest BCUT2D eigenvalue weighted by Crippen LogP contribution is 2.30. The molecule has 20 heavy (non-hydrogen) atoms. The van der Waals surface area contributed by atoms with Gasteiger partial charge < -0.3 is 10.2 Å². The van der Waals surface area contributed by atoms with Crippen LogP contribution in [0.3, 0.4) is 0 Å². The Labute approximate surface area is 130 Å². The SMILES string of the molecule is CCNCCC(=O)N(Cc1ccc(Cl)c(Cl)c1)C1CC1. The third-order valence-corrected chi connectivity index (χ3v) is 4.15. The minimum Gasteiger partial charge on any atom is -0.335 e. The first-order chi connectivity index (χ1) is 9.61. The molecule has 0 radical (unpaired) electrons. The molecule has 1 aliphatic carbocycles. The van der Waals surface area contributed by atoms with E-state index in [1.54, 1.807) is 6.07 Å². The lowest BCUT2D eigenvalue weighted by Crippen LogP contribution is -2.34. The summed E-state index contributed by atoms with van der Waals surface area (Å²) < 4.78 is 0. The van der Waals surface area contributed by atoms with E-state index in [1.807, 2.05) is 24.0 Å². The summed E-state index contributed by atoms with van der Waals surface area (Å²) in [5.41, 5.74) is 1.03. The lowest BCUT2D eigenvalue weighted by atomic mass is 10.2. The van der Waals surface area contributed by atoms with E-state index in [2.05, 4.69) is 5.32 Å². The number of hydrogen-bond acceptors (Lipinski definition) is 2. The molecule has 1 amide bonds. The van der Waals surface area contributed by atoms with Gasteiger partial charge in [-0.05, 0) is 37.1 Å². The second-order valence-electron chi connectivity index (χ2n) is 5.10. The van der Waals surface area contributed by atoms with Gasteiger partial charge in [-0.3, -0.25) is 4.79 Å². The Morgan fingerprint density at radius 2 is 2.10 bits per heavy atom. The van der Waals surface area contributed by atoms with Crippen LogP contribution in [0, 0.1) is 0 Å². The van der Waals surface area contributed by atoms with E-state index in [0.29, 0.717) is 29.1 Å². The summed E-state index contributed by atoms with van der Waals surface area (Å²) in [6.45, 7) is 4.29. The summed E-state index contributed by atoms with van der Waals surface area (Å²) in [5, 5.41) is 4.28. The Balaban J connectivity index is 1.98.